The molecule has 26 heavy (non-hydrogen) atoms. The van der Waals surface area contributed by atoms with E-state index in [9.17, 15) is 0 Å². The minimum atomic E-state index is 0.833. The van der Waals surface area contributed by atoms with Crippen LogP contribution in [-0.4, -0.2) is 5.71 Å². The van der Waals surface area contributed by atoms with Gasteiger partial charge in [-0.15, -0.1) is 0 Å². The van der Waals surface area contributed by atoms with E-state index in [0.717, 1.165) is 18.6 Å². The number of unbranched alkanes of at least 4 members (excludes halogenated alkanes) is 14. The van der Waals surface area contributed by atoms with E-state index in [1.165, 1.54) is 102 Å². The average molecular weight is 358 g/mol. The molecule has 0 atom stereocenters. The van der Waals surface area contributed by atoms with Crippen LogP contribution in [0.1, 0.15) is 115 Å². The van der Waals surface area contributed by atoms with E-state index in [0.29, 0.717) is 0 Å². The maximum atomic E-state index is 8.10. The molecule has 0 saturated heterocycles. The van der Waals surface area contributed by atoms with Crippen molar-refractivity contribution in [1.29, 1.82) is 5.41 Å². The largest absolute Gasteiger partial charge is 0.309 e. The van der Waals surface area contributed by atoms with Crippen molar-refractivity contribution in [3.8, 4) is 0 Å². The zero-order valence-electron chi connectivity index (χ0n) is 17.4. The molecule has 1 N–H and O–H groups in total. The molecule has 0 spiro atoms. The molecule has 0 unspecified atom stereocenters. The second kappa shape index (κ2) is 17.3. The number of benzene rings is 1. The maximum Gasteiger partial charge on any atom is 0.0133 e. The summed E-state index contributed by atoms with van der Waals surface area (Å²) >= 11 is 0. The van der Waals surface area contributed by atoms with Gasteiger partial charge in [0.2, 0.25) is 0 Å². The first-order valence-corrected chi connectivity index (χ1v) is 11.4. The first-order chi connectivity index (χ1) is 12.8. The summed E-state index contributed by atoms with van der Waals surface area (Å²) in [5, 5.41) is 8.10. The molecule has 1 nitrogen and oxygen atoms in total. The van der Waals surface area contributed by atoms with Gasteiger partial charge in [-0.05, 0) is 18.4 Å². The Balaban J connectivity index is 1.77. The van der Waals surface area contributed by atoms with E-state index in [4.69, 9.17) is 5.41 Å². The first-order valence-electron chi connectivity index (χ1n) is 11.4. The number of rotatable bonds is 18. The highest BCUT2D eigenvalue weighted by molar-refractivity contribution is 5.83. The van der Waals surface area contributed by atoms with Crippen molar-refractivity contribution in [3.05, 3.63) is 35.9 Å². The third-order valence-corrected chi connectivity index (χ3v) is 5.34. The van der Waals surface area contributed by atoms with Crippen molar-refractivity contribution >= 4 is 5.71 Å². The lowest BCUT2D eigenvalue weighted by Gasteiger charge is -2.05. The summed E-state index contributed by atoms with van der Waals surface area (Å²) in [5.74, 6) is 0. The Bertz CT molecular complexity index is 423. The van der Waals surface area contributed by atoms with Crippen LogP contribution in [0.4, 0.5) is 0 Å². The minimum absolute atomic E-state index is 0.833. The van der Waals surface area contributed by atoms with Gasteiger partial charge in [0, 0.05) is 12.1 Å². The summed E-state index contributed by atoms with van der Waals surface area (Å²) in [6, 6.07) is 10.4. The molecular weight excluding hydrogens is 314 g/mol. The van der Waals surface area contributed by atoms with Crippen molar-refractivity contribution in [2.75, 3.05) is 0 Å². The Morgan fingerprint density at radius 2 is 1.04 bits per heavy atom. The van der Waals surface area contributed by atoms with Gasteiger partial charge in [0.15, 0.2) is 0 Å². The molecule has 1 rings (SSSR count). The molecule has 0 radical (unpaired) electrons. The van der Waals surface area contributed by atoms with Gasteiger partial charge in [0.05, 0.1) is 0 Å². The van der Waals surface area contributed by atoms with E-state index in [1.54, 1.807) is 0 Å². The van der Waals surface area contributed by atoms with Crippen molar-refractivity contribution in [3.63, 3.8) is 0 Å². The lowest BCUT2D eigenvalue weighted by Crippen LogP contribution is -2.01. The second-order valence-corrected chi connectivity index (χ2v) is 7.97. The van der Waals surface area contributed by atoms with Crippen LogP contribution in [0.25, 0.3) is 0 Å². The molecule has 0 fully saturated rings. The highest BCUT2D eigenvalue weighted by Crippen LogP contribution is 2.14. The highest BCUT2D eigenvalue weighted by Gasteiger charge is 2.00. The molecule has 0 saturated carbocycles. The summed E-state index contributed by atoms with van der Waals surface area (Å²) in [6.07, 6.45) is 22.8. The molecule has 0 aliphatic heterocycles. The molecule has 1 aromatic rings. The standard InChI is InChI=1S/C25H43N/c1-2-3-4-5-6-7-8-9-10-11-12-13-14-15-19-22-25(26)23-24-20-17-16-18-21-24/h16-18,20-21,26H,2-15,19,22-23H2,1H3. The fourth-order valence-electron chi connectivity index (χ4n) is 3.64. The molecule has 0 bridgehead atoms. The van der Waals surface area contributed by atoms with Crippen molar-refractivity contribution in [2.45, 2.75) is 116 Å². The van der Waals surface area contributed by atoms with Crippen LogP contribution in [0.2, 0.25) is 0 Å². The van der Waals surface area contributed by atoms with E-state index in [-0.39, 0.29) is 0 Å². The van der Waals surface area contributed by atoms with Crippen molar-refractivity contribution in [2.24, 2.45) is 0 Å². The van der Waals surface area contributed by atoms with E-state index in [2.05, 4.69) is 31.2 Å². The van der Waals surface area contributed by atoms with Crippen molar-refractivity contribution in [1.82, 2.24) is 0 Å². The van der Waals surface area contributed by atoms with Crippen LogP contribution in [-0.2, 0) is 6.42 Å². The summed E-state index contributed by atoms with van der Waals surface area (Å²) in [6.45, 7) is 2.29. The zero-order chi connectivity index (χ0) is 18.7. The lowest BCUT2D eigenvalue weighted by atomic mass is 10.0. The quantitative estimate of drug-likeness (QED) is 0.201. The van der Waals surface area contributed by atoms with E-state index >= 15 is 0 Å². The molecule has 1 aromatic carbocycles. The third kappa shape index (κ3) is 14.1. The monoisotopic (exact) mass is 357 g/mol. The molecular formula is C25H43N. The van der Waals surface area contributed by atoms with Crippen LogP contribution in [0.3, 0.4) is 0 Å². The van der Waals surface area contributed by atoms with Gasteiger partial charge in [-0.25, -0.2) is 0 Å². The van der Waals surface area contributed by atoms with Crippen LogP contribution in [0, 0.1) is 5.41 Å². The summed E-state index contributed by atoms with van der Waals surface area (Å²) in [7, 11) is 0. The molecule has 0 aliphatic carbocycles. The maximum absolute atomic E-state index is 8.10. The summed E-state index contributed by atoms with van der Waals surface area (Å²) in [4.78, 5) is 0. The number of hydrogen-bond donors (Lipinski definition) is 1. The van der Waals surface area contributed by atoms with Crippen LogP contribution >= 0.6 is 0 Å². The first kappa shape index (κ1) is 22.9. The molecule has 0 aromatic heterocycles. The van der Waals surface area contributed by atoms with Gasteiger partial charge in [-0.1, -0.05) is 127 Å². The Morgan fingerprint density at radius 1 is 0.615 bits per heavy atom. The van der Waals surface area contributed by atoms with Gasteiger partial charge in [-0.2, -0.15) is 0 Å². The average Bonchev–Trinajstić information content (AvgIpc) is 2.65. The SMILES string of the molecule is CCCCCCCCCCCCCCCCCC(=N)Cc1ccccc1. The summed E-state index contributed by atoms with van der Waals surface area (Å²) < 4.78 is 0. The second-order valence-electron chi connectivity index (χ2n) is 7.97. The number of nitrogens with one attached hydrogen (secondary N) is 1. The van der Waals surface area contributed by atoms with Crippen molar-refractivity contribution < 1.29 is 0 Å². The Morgan fingerprint density at radius 3 is 1.50 bits per heavy atom. The predicted molar refractivity (Wildman–Crippen MR) is 117 cm³/mol. The zero-order valence-corrected chi connectivity index (χ0v) is 17.4. The Kier molecular flexibility index (Phi) is 15.3. The molecule has 1 heteroatoms. The smallest absolute Gasteiger partial charge is 0.0133 e. The van der Waals surface area contributed by atoms with Crippen LogP contribution in [0.5, 0.6) is 0 Å². The lowest BCUT2D eigenvalue weighted by molar-refractivity contribution is 0.533. The van der Waals surface area contributed by atoms with Gasteiger partial charge in [0.1, 0.15) is 0 Å². The Hall–Kier alpha value is -1.11. The molecule has 0 amide bonds. The molecule has 0 heterocycles. The third-order valence-electron chi connectivity index (χ3n) is 5.34. The van der Waals surface area contributed by atoms with Gasteiger partial charge >= 0.3 is 0 Å². The van der Waals surface area contributed by atoms with Gasteiger partial charge in [0.25, 0.3) is 0 Å². The normalized spacial score (nSPS) is 11.0. The fourth-order valence-corrected chi connectivity index (χ4v) is 3.64. The van der Waals surface area contributed by atoms with E-state index in [1.807, 2.05) is 6.07 Å². The van der Waals surface area contributed by atoms with Crippen LogP contribution < -0.4 is 0 Å². The highest BCUT2D eigenvalue weighted by atomic mass is 14.4. The Labute approximate surface area is 163 Å². The van der Waals surface area contributed by atoms with Gasteiger partial charge in [-0.3, -0.25) is 0 Å². The minimum Gasteiger partial charge on any atom is -0.309 e. The predicted octanol–water partition coefficient (Wildman–Crippen LogP) is 8.51. The van der Waals surface area contributed by atoms with Crippen LogP contribution in [0.15, 0.2) is 30.3 Å². The molecule has 148 valence electrons. The van der Waals surface area contributed by atoms with E-state index < -0.39 is 0 Å². The fraction of sp³-hybridized carbons (Fsp3) is 0.720. The topological polar surface area (TPSA) is 23.9 Å². The van der Waals surface area contributed by atoms with Gasteiger partial charge < -0.3 is 5.41 Å². The summed E-state index contributed by atoms with van der Waals surface area (Å²) in [5.41, 5.74) is 2.17. The molecule has 0 aliphatic rings. The number of hydrogen-bond acceptors (Lipinski definition) is 1.